The molecule has 1 N–H and O–H groups in total. The number of rotatable bonds is 5. The molecule has 0 amide bonds. The van der Waals surface area contributed by atoms with Crippen molar-refractivity contribution in [2.24, 2.45) is 0 Å². The van der Waals surface area contributed by atoms with Crippen LogP contribution in [0.25, 0.3) is 11.4 Å². The first-order valence-corrected chi connectivity index (χ1v) is 5.47. The van der Waals surface area contributed by atoms with Gasteiger partial charge in [-0.2, -0.15) is 0 Å². The van der Waals surface area contributed by atoms with Gasteiger partial charge in [-0.1, -0.05) is 0 Å². The molecular weight excluding hydrogens is 218 g/mol. The van der Waals surface area contributed by atoms with Gasteiger partial charge in [0.05, 0.1) is 24.1 Å². The van der Waals surface area contributed by atoms with Crippen LogP contribution in [-0.4, -0.2) is 23.6 Å². The molecule has 2 rings (SSSR count). The molecular formula is C12H15N3O2. The second-order valence-electron chi connectivity index (χ2n) is 3.54. The average molecular weight is 233 g/mol. The predicted octanol–water partition coefficient (Wildman–Crippen LogP) is 2.31. The molecule has 2 heterocycles. The number of aromatic nitrogens is 2. The molecule has 0 radical (unpaired) electrons. The summed E-state index contributed by atoms with van der Waals surface area (Å²) < 4.78 is 10.1. The van der Waals surface area contributed by atoms with Crippen LogP contribution in [0.2, 0.25) is 0 Å². The molecule has 17 heavy (non-hydrogen) atoms. The minimum atomic E-state index is 0.464. The summed E-state index contributed by atoms with van der Waals surface area (Å²) in [5.74, 6) is 1.44. The van der Waals surface area contributed by atoms with Gasteiger partial charge in [-0.05, 0) is 13.0 Å². The standard InChI is InChI=1S/C12H15N3O2/c1-3-13-11-6-10(8-16-2)14-12(15-11)9-4-5-17-7-9/h4-7H,3,8H2,1-2H3,(H,13,14,15). The molecule has 90 valence electrons. The van der Waals surface area contributed by atoms with Crippen LogP contribution in [0.15, 0.2) is 29.1 Å². The smallest absolute Gasteiger partial charge is 0.165 e. The van der Waals surface area contributed by atoms with Gasteiger partial charge in [0.1, 0.15) is 12.1 Å². The summed E-state index contributed by atoms with van der Waals surface area (Å²) >= 11 is 0. The predicted molar refractivity (Wildman–Crippen MR) is 64.6 cm³/mol. The summed E-state index contributed by atoms with van der Waals surface area (Å²) in [6.07, 6.45) is 3.23. The lowest BCUT2D eigenvalue weighted by atomic mass is 10.3. The lowest BCUT2D eigenvalue weighted by molar-refractivity contribution is 0.181. The summed E-state index contributed by atoms with van der Waals surface area (Å²) in [5, 5.41) is 3.17. The minimum Gasteiger partial charge on any atom is -0.472 e. The molecule has 0 aliphatic heterocycles. The zero-order chi connectivity index (χ0) is 12.1. The second-order valence-corrected chi connectivity index (χ2v) is 3.54. The van der Waals surface area contributed by atoms with Crippen LogP contribution < -0.4 is 5.32 Å². The topological polar surface area (TPSA) is 60.2 Å². The Hall–Kier alpha value is -1.88. The number of hydrogen-bond donors (Lipinski definition) is 1. The Morgan fingerprint density at radius 1 is 1.41 bits per heavy atom. The van der Waals surface area contributed by atoms with Crippen LogP contribution in [0.1, 0.15) is 12.6 Å². The third-order valence-corrected chi connectivity index (χ3v) is 2.21. The molecule has 5 heteroatoms. The number of ether oxygens (including phenoxy) is 1. The lowest BCUT2D eigenvalue weighted by Crippen LogP contribution is -2.04. The Bertz CT molecular complexity index is 444. The fourth-order valence-electron chi connectivity index (χ4n) is 1.51. The van der Waals surface area contributed by atoms with Crippen molar-refractivity contribution >= 4 is 5.82 Å². The Kier molecular flexibility index (Phi) is 3.72. The Morgan fingerprint density at radius 3 is 2.94 bits per heavy atom. The van der Waals surface area contributed by atoms with Crippen molar-refractivity contribution in [2.75, 3.05) is 19.0 Å². The molecule has 5 nitrogen and oxygen atoms in total. The van der Waals surface area contributed by atoms with Crippen LogP contribution in [-0.2, 0) is 11.3 Å². The maximum atomic E-state index is 5.09. The van der Waals surface area contributed by atoms with Crippen LogP contribution in [0.3, 0.4) is 0 Å². The molecule has 0 fully saturated rings. The van der Waals surface area contributed by atoms with E-state index < -0.39 is 0 Å². The van der Waals surface area contributed by atoms with Crippen molar-refractivity contribution in [3.05, 3.63) is 30.4 Å². The highest BCUT2D eigenvalue weighted by molar-refractivity contribution is 5.55. The number of nitrogens with zero attached hydrogens (tertiary/aromatic N) is 2. The van der Waals surface area contributed by atoms with Gasteiger partial charge in [0, 0.05) is 19.7 Å². The molecule has 0 spiro atoms. The van der Waals surface area contributed by atoms with Gasteiger partial charge in [-0.3, -0.25) is 0 Å². The highest BCUT2D eigenvalue weighted by Gasteiger charge is 2.07. The SMILES string of the molecule is CCNc1cc(COC)nc(-c2ccoc2)n1. The molecule has 0 saturated heterocycles. The van der Waals surface area contributed by atoms with Crippen molar-refractivity contribution < 1.29 is 9.15 Å². The van der Waals surface area contributed by atoms with Gasteiger partial charge in [-0.25, -0.2) is 9.97 Å². The van der Waals surface area contributed by atoms with E-state index in [4.69, 9.17) is 9.15 Å². The van der Waals surface area contributed by atoms with Crippen LogP contribution in [0.4, 0.5) is 5.82 Å². The Morgan fingerprint density at radius 2 is 2.29 bits per heavy atom. The van der Waals surface area contributed by atoms with Gasteiger partial charge in [-0.15, -0.1) is 0 Å². The van der Waals surface area contributed by atoms with Gasteiger partial charge in [0.2, 0.25) is 0 Å². The molecule has 0 bridgehead atoms. The van der Waals surface area contributed by atoms with E-state index in [1.54, 1.807) is 19.6 Å². The number of nitrogens with one attached hydrogen (secondary N) is 1. The van der Waals surface area contributed by atoms with Crippen molar-refractivity contribution in [3.63, 3.8) is 0 Å². The summed E-state index contributed by atoms with van der Waals surface area (Å²) in [6, 6.07) is 3.72. The van der Waals surface area contributed by atoms with Gasteiger partial charge >= 0.3 is 0 Å². The van der Waals surface area contributed by atoms with E-state index in [0.717, 1.165) is 23.6 Å². The molecule has 0 atom stereocenters. The number of furan rings is 1. The zero-order valence-electron chi connectivity index (χ0n) is 9.93. The van der Waals surface area contributed by atoms with E-state index in [-0.39, 0.29) is 0 Å². The van der Waals surface area contributed by atoms with Crippen molar-refractivity contribution in [1.82, 2.24) is 9.97 Å². The lowest BCUT2D eigenvalue weighted by Gasteiger charge is -2.07. The second kappa shape index (κ2) is 5.45. The van der Waals surface area contributed by atoms with Gasteiger partial charge in [0.25, 0.3) is 0 Å². The van der Waals surface area contributed by atoms with Crippen molar-refractivity contribution in [1.29, 1.82) is 0 Å². The first kappa shape index (κ1) is 11.6. The monoisotopic (exact) mass is 233 g/mol. The normalized spacial score (nSPS) is 10.5. The quantitative estimate of drug-likeness (QED) is 0.858. The third kappa shape index (κ3) is 2.82. The van der Waals surface area contributed by atoms with E-state index in [1.165, 1.54) is 0 Å². The summed E-state index contributed by atoms with van der Waals surface area (Å²) in [7, 11) is 1.65. The maximum absolute atomic E-state index is 5.09. The molecule has 2 aromatic rings. The van der Waals surface area contributed by atoms with Gasteiger partial charge in [0.15, 0.2) is 5.82 Å². The van der Waals surface area contributed by atoms with E-state index in [0.29, 0.717) is 12.4 Å². The minimum absolute atomic E-state index is 0.464. The fourth-order valence-corrected chi connectivity index (χ4v) is 1.51. The fraction of sp³-hybridized carbons (Fsp3) is 0.333. The van der Waals surface area contributed by atoms with E-state index in [1.807, 2.05) is 19.1 Å². The molecule has 2 aromatic heterocycles. The summed E-state index contributed by atoms with van der Waals surface area (Å²) in [4.78, 5) is 8.82. The Balaban J connectivity index is 2.37. The van der Waals surface area contributed by atoms with Crippen LogP contribution in [0, 0.1) is 0 Å². The highest BCUT2D eigenvalue weighted by Crippen LogP contribution is 2.18. The third-order valence-electron chi connectivity index (χ3n) is 2.21. The van der Waals surface area contributed by atoms with Crippen molar-refractivity contribution in [2.45, 2.75) is 13.5 Å². The highest BCUT2D eigenvalue weighted by atomic mass is 16.5. The zero-order valence-corrected chi connectivity index (χ0v) is 9.93. The van der Waals surface area contributed by atoms with E-state index in [2.05, 4.69) is 15.3 Å². The molecule has 0 aliphatic rings. The first-order valence-electron chi connectivity index (χ1n) is 5.47. The van der Waals surface area contributed by atoms with E-state index >= 15 is 0 Å². The largest absolute Gasteiger partial charge is 0.472 e. The summed E-state index contributed by atoms with van der Waals surface area (Å²) in [5.41, 5.74) is 1.71. The van der Waals surface area contributed by atoms with E-state index in [9.17, 15) is 0 Å². The number of anilines is 1. The number of methoxy groups -OCH3 is 1. The molecule has 0 saturated carbocycles. The number of hydrogen-bond acceptors (Lipinski definition) is 5. The average Bonchev–Trinajstić information content (AvgIpc) is 2.83. The van der Waals surface area contributed by atoms with Gasteiger partial charge < -0.3 is 14.5 Å². The maximum Gasteiger partial charge on any atom is 0.165 e. The van der Waals surface area contributed by atoms with Crippen molar-refractivity contribution in [3.8, 4) is 11.4 Å². The molecule has 0 aromatic carbocycles. The van der Waals surface area contributed by atoms with Crippen LogP contribution >= 0.6 is 0 Å². The summed E-state index contributed by atoms with van der Waals surface area (Å²) in [6.45, 7) is 3.30. The van der Waals surface area contributed by atoms with Crippen LogP contribution in [0.5, 0.6) is 0 Å². The first-order chi connectivity index (χ1) is 8.33. The Labute approximate surface area is 99.8 Å². The molecule has 0 unspecified atom stereocenters. The molecule has 0 aliphatic carbocycles.